The van der Waals surface area contributed by atoms with Gasteiger partial charge in [-0.15, -0.1) is 0 Å². The van der Waals surface area contributed by atoms with Gasteiger partial charge in [-0.05, 0) is 66.9 Å². The van der Waals surface area contributed by atoms with Crippen LogP contribution in [0, 0.1) is 22.7 Å². The van der Waals surface area contributed by atoms with Crippen LogP contribution >= 0.6 is 243 Å². The SMILES string of the molecule is C.CC(=O)[O-].CCOC(=O)NC(=O)C(C#N)=NCc1cc(Cl)c(Oc2ccc3c(c2)NC(=O)C3)c(Cl)c1.I[I-]I(I)I(I)I(I)I(I)I(I)I(I)I.N#CC1=NN(c2cc(Cl)c(Oc3ccc4c(c3)NC(=O)C4)c(Cl)c2)C(=O)CC1=O.[K+]. The zero-order valence-electron chi connectivity index (χ0n) is 40.2. The number of ether oxygens (including phenoxy) is 3. The third-order valence-electron chi connectivity index (χ3n) is 8.94. The zero-order valence-corrected chi connectivity index (χ0v) is 78.7. The van der Waals surface area contributed by atoms with Crippen molar-refractivity contribution in [1.29, 1.82) is 10.5 Å². The normalized spacial score (nSPS) is 13.8. The number of nitrogens with one attached hydrogen (secondary N) is 3. The number of amides is 5. The van der Waals surface area contributed by atoms with E-state index in [1.165, 1.54) is 24.3 Å². The van der Waals surface area contributed by atoms with Crippen LogP contribution < -0.4 is 100 Å². The molecule has 82 heavy (non-hydrogen) atoms. The summed E-state index contributed by atoms with van der Waals surface area (Å²) in [5, 5.41) is 39.6. The zero-order chi connectivity index (χ0) is 59.7. The molecule has 446 valence electrons. The van der Waals surface area contributed by atoms with Gasteiger partial charge in [-0.25, -0.2) is 4.79 Å². The van der Waals surface area contributed by atoms with Crippen molar-refractivity contribution in [2.45, 2.75) is 47.1 Å². The number of fused-ring (bicyclic) bond motifs is 2. The second kappa shape index (κ2) is 42.5. The molecular formula is C43H33Cl4I15KN8O11-. The fourth-order valence-corrected chi connectivity index (χ4v) is 1890. The fourth-order valence-electron chi connectivity index (χ4n) is 5.90. The van der Waals surface area contributed by atoms with Crippen LogP contribution in [-0.2, 0) is 52.9 Å². The number of Topliss-reactive ketones (excluding diaryl/α,β-unsaturated/α-hetero) is 1. The van der Waals surface area contributed by atoms with Crippen molar-refractivity contribution in [3.63, 3.8) is 0 Å². The predicted molar refractivity (Wildman–Crippen MR) is 436 cm³/mol. The molecule has 3 aliphatic heterocycles. The first-order valence-corrected chi connectivity index (χ1v) is 110. The number of nitrogens with zero attached hydrogens (tertiary/aromatic N) is 5. The minimum absolute atomic E-state index is 0. The molecule has 3 aliphatic rings. The van der Waals surface area contributed by atoms with E-state index in [0.29, 0.717) is 54.5 Å². The Morgan fingerprint density at radius 1 is 0.780 bits per heavy atom. The number of imide groups is 1. The number of aliphatic carboxylic acids is 1. The number of nitriles is 2. The van der Waals surface area contributed by atoms with Crippen LogP contribution in [0.4, 0.5) is 21.9 Å². The van der Waals surface area contributed by atoms with Crippen molar-refractivity contribution in [3.05, 3.63) is 97.4 Å². The van der Waals surface area contributed by atoms with E-state index in [4.69, 9.17) is 76.3 Å². The average Bonchev–Trinajstić information content (AvgIpc) is 3.97. The van der Waals surface area contributed by atoms with E-state index in [2.05, 4.69) is 174 Å². The molecule has 0 atom stereocenters. The summed E-state index contributed by atoms with van der Waals surface area (Å²) >= 11 is 49.5. The maximum Gasteiger partial charge on any atom is 1.00 e. The third kappa shape index (κ3) is 27.0. The molecule has 0 fully saturated rings. The van der Waals surface area contributed by atoms with Gasteiger partial charge in [0.25, 0.3) is 11.8 Å². The van der Waals surface area contributed by atoms with Gasteiger partial charge in [-0.1, -0.05) is 66.0 Å². The standard InChI is InChI=1S/C21H16Cl2N4O5.C19H10Cl2N4O4.C2H4O2.CH4.I15.K/c1-2-31-21(30)27-20(29)17(9-24)25-10-11-5-14(22)19(15(23)6-11)32-13-4-3-12-7-18(28)26-16(12)8-13;20-12-4-10(25-18(28)7-16(26)15(8-22)24-25)5-13(21)19(12)29-11-2-1-9-3-17(27)23-14(9)6-11;1-2(3)4;;1-9-11(4)13(6)15(8)14(7)12(5)10(2)3;/h3-6,8H,2,7,10H2,1H3,(H,26,28)(H,27,29,30);1-2,4-6H,3,7H2,(H,23,27);1H3,(H,3,4);1H4;;/q;;;;-1;+1/p-1. The Balaban J connectivity index is 0.000000424. The number of hydrogen-bond donors (Lipinski definition) is 3. The van der Waals surface area contributed by atoms with Crippen molar-refractivity contribution in [2.75, 3.05) is 22.2 Å². The van der Waals surface area contributed by atoms with Crippen LogP contribution in [0.25, 0.3) is 0 Å². The second-order valence-electron chi connectivity index (χ2n) is 14.3. The predicted octanol–water partition coefficient (Wildman–Crippen LogP) is 13.3. The van der Waals surface area contributed by atoms with Crippen LogP contribution in [0.3, 0.4) is 0 Å². The Kier molecular flexibility index (Phi) is 43.1. The number of hydrazone groups is 1. The van der Waals surface area contributed by atoms with E-state index in [1.807, 2.05) is 5.32 Å². The molecule has 0 unspecified atom stereocenters. The molecule has 0 saturated heterocycles. The average molecular weight is 2920 g/mol. The van der Waals surface area contributed by atoms with E-state index in [-0.39, 0.29) is 166 Å². The van der Waals surface area contributed by atoms with Crippen molar-refractivity contribution in [2.24, 2.45) is 10.1 Å². The van der Waals surface area contributed by atoms with Gasteiger partial charge in [-0.2, -0.15) is 20.6 Å². The summed E-state index contributed by atoms with van der Waals surface area (Å²) in [7, 11) is -2.01. The monoisotopic (exact) mass is 2920 g/mol. The van der Waals surface area contributed by atoms with Gasteiger partial charge in [0.2, 0.25) is 29.0 Å². The van der Waals surface area contributed by atoms with Crippen molar-refractivity contribution >= 4 is 313 Å². The van der Waals surface area contributed by atoms with E-state index < -0.39 is 49.7 Å². The summed E-state index contributed by atoms with van der Waals surface area (Å²) in [6, 6.07) is 19.4. The number of hydrogen-bond acceptors (Lipinski definition) is 15. The summed E-state index contributed by atoms with van der Waals surface area (Å²) in [6.45, 7) is 2.53. The van der Waals surface area contributed by atoms with Crippen molar-refractivity contribution in [1.82, 2.24) is 5.32 Å². The van der Waals surface area contributed by atoms with Gasteiger partial charge in [0.15, 0.2) is 11.5 Å². The third-order valence-corrected chi connectivity index (χ3v) is 919. The summed E-state index contributed by atoms with van der Waals surface area (Å²) < 4.78 is 16.1. The number of carbonyl (C=O) groups is 7. The van der Waals surface area contributed by atoms with E-state index in [1.54, 1.807) is 55.5 Å². The van der Waals surface area contributed by atoms with Crippen LogP contribution in [0.1, 0.15) is 44.4 Å². The molecule has 0 bridgehead atoms. The number of halogens is 19. The summed E-state index contributed by atoms with van der Waals surface area (Å²) in [6.07, 6.45) is -0.821. The number of carboxylic acid groups (broad SMARTS) is 1. The molecule has 7 rings (SSSR count). The number of aliphatic imine (C=N–C) groups is 1. The molecule has 4 aromatic carbocycles. The Morgan fingerprint density at radius 2 is 1.24 bits per heavy atom. The Morgan fingerprint density at radius 3 is 1.67 bits per heavy atom. The van der Waals surface area contributed by atoms with Gasteiger partial charge < -0.3 is 34.7 Å². The van der Waals surface area contributed by atoms with Crippen LogP contribution in [-0.4, -0.2) is 59.5 Å². The molecule has 0 aromatic heterocycles. The molecule has 4 aromatic rings. The molecule has 5 amide bonds. The number of ketones is 1. The molecular weight excluding hydrogens is 2890 g/mol. The minimum atomic E-state index is -1.08. The Bertz CT molecular complexity index is 3180. The molecule has 0 saturated carbocycles. The van der Waals surface area contributed by atoms with Crippen LogP contribution in [0.2, 0.25) is 20.1 Å². The number of benzene rings is 4. The van der Waals surface area contributed by atoms with E-state index in [0.717, 1.165) is 23.1 Å². The molecule has 3 heterocycles. The van der Waals surface area contributed by atoms with Gasteiger partial charge in [-0.3, -0.25) is 34.3 Å². The molecule has 19 nitrogen and oxygen atoms in total. The molecule has 0 aliphatic carbocycles. The Hall–Kier alpha value is 5.04. The quantitative estimate of drug-likeness (QED) is 0.0432. The van der Waals surface area contributed by atoms with Crippen molar-refractivity contribution in [3.8, 4) is 35.1 Å². The molecule has 3 N–H and O–H groups in total. The summed E-state index contributed by atoms with van der Waals surface area (Å²) in [5.74, 6) is -2.32. The topological polar surface area (TPSA) is 282 Å². The second-order valence-corrected chi connectivity index (χ2v) is 325. The fraction of sp³-hybridized carbons (Fsp3) is 0.186. The van der Waals surface area contributed by atoms with E-state index >= 15 is 0 Å². The maximum atomic E-state index is 12.1. The van der Waals surface area contributed by atoms with E-state index in [9.17, 15) is 28.8 Å². The minimum Gasteiger partial charge on any atom is -0.454 e. The smallest absolute Gasteiger partial charge is 0.454 e. The number of anilines is 3. The molecule has 0 spiro atoms. The molecule has 39 heteroatoms. The van der Waals surface area contributed by atoms with Crippen LogP contribution in [0.5, 0.6) is 23.0 Å². The largest absolute Gasteiger partial charge is 1.00 e. The number of carbonyl (C=O) groups excluding carboxylic acids is 7. The van der Waals surface area contributed by atoms with Crippen LogP contribution in [0.15, 0.2) is 70.8 Å². The number of rotatable bonds is 15. The summed E-state index contributed by atoms with van der Waals surface area (Å²) in [5.41, 5.74) is 2.86. The number of alkyl carbamates (subject to hydrolysis) is 1. The van der Waals surface area contributed by atoms with Gasteiger partial charge in [0, 0.05) is 29.5 Å². The molecule has 0 radical (unpaired) electrons. The first-order chi connectivity index (χ1) is 37.7. The number of carboxylic acids is 1. The maximum absolute atomic E-state index is 12.1. The van der Waals surface area contributed by atoms with Gasteiger partial charge >= 0.3 is 267 Å². The van der Waals surface area contributed by atoms with Crippen molar-refractivity contribution < 1.29 is 118 Å². The first-order valence-electron chi connectivity index (χ1n) is 20.5. The Labute approximate surface area is 641 Å². The van der Waals surface area contributed by atoms with Gasteiger partial charge in [0.1, 0.15) is 23.6 Å². The van der Waals surface area contributed by atoms with Gasteiger partial charge in [0.05, 0.1) is 58.2 Å². The summed E-state index contributed by atoms with van der Waals surface area (Å²) in [4.78, 5) is 82.7. The first kappa shape index (κ1) is 83.1.